The van der Waals surface area contributed by atoms with Gasteiger partial charge >= 0.3 is 12.2 Å². The second kappa shape index (κ2) is 5.70. The fourth-order valence-corrected chi connectivity index (χ4v) is 2.26. The van der Waals surface area contributed by atoms with Crippen LogP contribution in [0.2, 0.25) is 0 Å². The molecule has 0 aromatic heterocycles. The predicted molar refractivity (Wildman–Crippen MR) is 67.3 cm³/mol. The van der Waals surface area contributed by atoms with E-state index in [1.165, 1.54) is 17.0 Å². The normalized spacial score (nSPS) is 19.2. The highest BCUT2D eigenvalue weighted by molar-refractivity contribution is 5.89. The molecule has 1 aromatic rings. The lowest BCUT2D eigenvalue weighted by Crippen LogP contribution is -2.40. The van der Waals surface area contributed by atoms with Gasteiger partial charge in [0.25, 0.3) is 0 Å². The lowest BCUT2D eigenvalue weighted by Gasteiger charge is -2.23. The Bertz CT molecular complexity index is 491. The molecule has 1 heterocycles. The number of hydrogen-bond donors (Lipinski definition) is 2. The summed E-state index contributed by atoms with van der Waals surface area (Å²) < 4.78 is 37.7. The molecule has 1 atom stereocenters. The second-order valence-corrected chi connectivity index (χ2v) is 4.68. The Kier molecular flexibility index (Phi) is 4.17. The average Bonchev–Trinajstić information content (AvgIpc) is 2.86. The molecule has 1 aliphatic heterocycles. The van der Waals surface area contributed by atoms with Gasteiger partial charge < -0.3 is 15.3 Å². The third kappa shape index (κ3) is 3.22. The molecule has 0 radical (unpaired) electrons. The number of halogens is 3. The number of urea groups is 1. The summed E-state index contributed by atoms with van der Waals surface area (Å²) >= 11 is 0. The van der Waals surface area contributed by atoms with Crippen LogP contribution in [0.25, 0.3) is 0 Å². The number of aliphatic hydroxyl groups is 1. The minimum Gasteiger partial charge on any atom is -0.394 e. The first-order valence-electron chi connectivity index (χ1n) is 6.27. The van der Waals surface area contributed by atoms with Crippen molar-refractivity contribution in [3.63, 3.8) is 0 Å². The molecule has 1 aromatic carbocycles. The number of hydrogen-bond acceptors (Lipinski definition) is 2. The molecule has 1 unspecified atom stereocenters. The Hall–Kier alpha value is -1.76. The largest absolute Gasteiger partial charge is 0.416 e. The van der Waals surface area contributed by atoms with Crippen molar-refractivity contribution in [2.24, 2.45) is 0 Å². The summed E-state index contributed by atoms with van der Waals surface area (Å²) in [7, 11) is 0. The van der Waals surface area contributed by atoms with E-state index in [9.17, 15) is 18.0 Å². The highest BCUT2D eigenvalue weighted by Gasteiger charge is 2.31. The van der Waals surface area contributed by atoms with Crippen molar-refractivity contribution in [2.45, 2.75) is 25.1 Å². The number of alkyl halides is 3. The van der Waals surface area contributed by atoms with E-state index in [1.807, 2.05) is 0 Å². The molecule has 0 saturated carbocycles. The molecule has 0 spiro atoms. The van der Waals surface area contributed by atoms with Crippen molar-refractivity contribution in [2.75, 3.05) is 18.5 Å². The van der Waals surface area contributed by atoms with Crippen molar-refractivity contribution in [3.8, 4) is 0 Å². The predicted octanol–water partition coefficient (Wildman–Crippen LogP) is 2.69. The number of nitrogens with one attached hydrogen (secondary N) is 1. The number of nitrogens with zero attached hydrogens (tertiary/aromatic N) is 1. The van der Waals surface area contributed by atoms with Crippen molar-refractivity contribution in [1.82, 2.24) is 4.90 Å². The fraction of sp³-hybridized carbons (Fsp3) is 0.462. The van der Waals surface area contributed by atoms with Gasteiger partial charge in [0.2, 0.25) is 0 Å². The SMILES string of the molecule is O=C(Nc1cccc(C(F)(F)F)c1)N1CCCC1CO. The van der Waals surface area contributed by atoms with Crippen molar-refractivity contribution < 1.29 is 23.1 Å². The van der Waals surface area contributed by atoms with Crippen molar-refractivity contribution >= 4 is 11.7 Å². The summed E-state index contributed by atoms with van der Waals surface area (Å²) in [4.78, 5) is 13.4. The molecule has 1 aliphatic rings. The number of carbonyl (C=O) groups is 1. The summed E-state index contributed by atoms with van der Waals surface area (Å²) in [5, 5.41) is 11.6. The topological polar surface area (TPSA) is 52.6 Å². The molecule has 20 heavy (non-hydrogen) atoms. The van der Waals surface area contributed by atoms with E-state index in [0.29, 0.717) is 13.0 Å². The van der Waals surface area contributed by atoms with E-state index in [-0.39, 0.29) is 18.3 Å². The van der Waals surface area contributed by atoms with Crippen LogP contribution in [0.15, 0.2) is 24.3 Å². The maximum atomic E-state index is 12.6. The van der Waals surface area contributed by atoms with Gasteiger partial charge in [-0.3, -0.25) is 0 Å². The van der Waals surface area contributed by atoms with Crippen LogP contribution in [-0.2, 0) is 6.18 Å². The summed E-state index contributed by atoms with van der Waals surface area (Å²) in [6, 6.07) is 3.73. The molecule has 1 saturated heterocycles. The van der Waals surface area contributed by atoms with Crippen LogP contribution in [0, 0.1) is 0 Å². The van der Waals surface area contributed by atoms with Gasteiger partial charge in [0.1, 0.15) is 0 Å². The minimum absolute atomic E-state index is 0.0911. The Morgan fingerprint density at radius 1 is 1.45 bits per heavy atom. The third-order valence-corrected chi connectivity index (χ3v) is 3.29. The molecule has 110 valence electrons. The highest BCUT2D eigenvalue weighted by atomic mass is 19.4. The van der Waals surface area contributed by atoms with E-state index in [1.54, 1.807) is 0 Å². The number of aliphatic hydroxyl groups excluding tert-OH is 1. The van der Waals surface area contributed by atoms with Crippen LogP contribution in [0.5, 0.6) is 0 Å². The lowest BCUT2D eigenvalue weighted by atomic mass is 10.2. The van der Waals surface area contributed by atoms with Crippen LogP contribution < -0.4 is 5.32 Å². The van der Waals surface area contributed by atoms with Crippen LogP contribution in [0.3, 0.4) is 0 Å². The van der Waals surface area contributed by atoms with Gasteiger partial charge in [0, 0.05) is 12.2 Å². The number of benzene rings is 1. The molecule has 0 bridgehead atoms. The summed E-state index contributed by atoms with van der Waals surface area (Å²) in [6.45, 7) is 0.353. The zero-order valence-electron chi connectivity index (χ0n) is 10.7. The van der Waals surface area contributed by atoms with Gasteiger partial charge in [0.15, 0.2) is 0 Å². The monoisotopic (exact) mass is 288 g/mol. The van der Waals surface area contributed by atoms with Gasteiger partial charge in [-0.15, -0.1) is 0 Å². The average molecular weight is 288 g/mol. The van der Waals surface area contributed by atoms with E-state index < -0.39 is 17.8 Å². The van der Waals surface area contributed by atoms with Gasteiger partial charge in [0.05, 0.1) is 18.2 Å². The maximum Gasteiger partial charge on any atom is 0.416 e. The standard InChI is InChI=1S/C13H15F3N2O2/c14-13(15,16)9-3-1-4-10(7-9)17-12(20)18-6-2-5-11(18)8-19/h1,3-4,7,11,19H,2,5-6,8H2,(H,17,20). The molecular weight excluding hydrogens is 273 g/mol. The summed E-state index contributed by atoms with van der Waals surface area (Å²) in [5.41, 5.74) is -0.719. The fourth-order valence-electron chi connectivity index (χ4n) is 2.26. The molecule has 2 amide bonds. The van der Waals surface area contributed by atoms with Gasteiger partial charge in [-0.2, -0.15) is 13.2 Å². The van der Waals surface area contributed by atoms with E-state index in [0.717, 1.165) is 18.6 Å². The maximum absolute atomic E-state index is 12.6. The smallest absolute Gasteiger partial charge is 0.394 e. The third-order valence-electron chi connectivity index (χ3n) is 3.29. The zero-order chi connectivity index (χ0) is 14.8. The lowest BCUT2D eigenvalue weighted by molar-refractivity contribution is -0.137. The number of rotatable bonds is 2. The zero-order valence-corrected chi connectivity index (χ0v) is 10.7. The Labute approximate surface area is 114 Å². The van der Waals surface area contributed by atoms with Gasteiger partial charge in [-0.25, -0.2) is 4.79 Å². The summed E-state index contributed by atoms with van der Waals surface area (Å²) in [5.74, 6) is 0. The van der Waals surface area contributed by atoms with Crippen LogP contribution >= 0.6 is 0 Å². The van der Waals surface area contributed by atoms with Gasteiger partial charge in [-0.05, 0) is 31.0 Å². The highest BCUT2D eigenvalue weighted by Crippen LogP contribution is 2.30. The van der Waals surface area contributed by atoms with Crippen LogP contribution in [0.4, 0.5) is 23.7 Å². The Morgan fingerprint density at radius 3 is 2.85 bits per heavy atom. The molecular formula is C13H15F3N2O2. The second-order valence-electron chi connectivity index (χ2n) is 4.68. The Morgan fingerprint density at radius 2 is 2.20 bits per heavy atom. The number of likely N-dealkylation sites (tertiary alicyclic amines) is 1. The van der Waals surface area contributed by atoms with E-state index in [4.69, 9.17) is 5.11 Å². The van der Waals surface area contributed by atoms with E-state index in [2.05, 4.69) is 5.32 Å². The number of amides is 2. The number of carbonyl (C=O) groups excluding carboxylic acids is 1. The molecule has 2 rings (SSSR count). The molecule has 7 heteroatoms. The first-order valence-corrected chi connectivity index (χ1v) is 6.27. The van der Waals surface area contributed by atoms with Gasteiger partial charge in [-0.1, -0.05) is 6.07 Å². The molecule has 1 fully saturated rings. The van der Waals surface area contributed by atoms with Crippen molar-refractivity contribution in [1.29, 1.82) is 0 Å². The van der Waals surface area contributed by atoms with E-state index >= 15 is 0 Å². The van der Waals surface area contributed by atoms with Crippen LogP contribution in [-0.4, -0.2) is 35.2 Å². The summed E-state index contributed by atoms with van der Waals surface area (Å²) in [6.07, 6.45) is -2.96. The molecule has 0 aliphatic carbocycles. The minimum atomic E-state index is -4.44. The quantitative estimate of drug-likeness (QED) is 0.879. The first-order chi connectivity index (χ1) is 9.41. The number of anilines is 1. The van der Waals surface area contributed by atoms with Crippen molar-refractivity contribution in [3.05, 3.63) is 29.8 Å². The first kappa shape index (κ1) is 14.6. The molecule has 4 nitrogen and oxygen atoms in total. The van der Waals surface area contributed by atoms with Crippen LogP contribution in [0.1, 0.15) is 18.4 Å². The molecule has 2 N–H and O–H groups in total. The Balaban J connectivity index is 2.08.